The molecule has 0 radical (unpaired) electrons. The van der Waals surface area contributed by atoms with Gasteiger partial charge >= 0.3 is 0 Å². The number of fused-ring (bicyclic) bond motifs is 2. The lowest BCUT2D eigenvalue weighted by molar-refractivity contribution is -0.191. The molecule has 0 aromatic carbocycles. The van der Waals surface area contributed by atoms with E-state index in [4.69, 9.17) is 14.2 Å². The van der Waals surface area contributed by atoms with Crippen molar-refractivity contribution in [1.29, 1.82) is 0 Å². The highest BCUT2D eigenvalue weighted by molar-refractivity contribution is 5.08. The zero-order valence-electron chi connectivity index (χ0n) is 11.9. The fourth-order valence-electron chi connectivity index (χ4n) is 3.94. The molecule has 1 unspecified atom stereocenters. The van der Waals surface area contributed by atoms with E-state index in [9.17, 15) is 0 Å². The van der Waals surface area contributed by atoms with Gasteiger partial charge in [0, 0.05) is 6.61 Å². The van der Waals surface area contributed by atoms with Gasteiger partial charge in [-0.15, -0.1) is 0 Å². The Labute approximate surface area is 110 Å². The van der Waals surface area contributed by atoms with Crippen LogP contribution in [0.3, 0.4) is 0 Å². The first-order chi connectivity index (χ1) is 8.50. The molecule has 0 amide bonds. The van der Waals surface area contributed by atoms with Gasteiger partial charge in [-0.25, -0.2) is 0 Å². The molecule has 2 aliphatic heterocycles. The first-order valence-electron chi connectivity index (χ1n) is 7.43. The van der Waals surface area contributed by atoms with Gasteiger partial charge < -0.3 is 14.2 Å². The Morgan fingerprint density at radius 1 is 1.22 bits per heavy atom. The molecule has 0 aromatic heterocycles. The number of hydrogen-bond donors (Lipinski definition) is 0. The molecule has 2 bridgehead atoms. The van der Waals surface area contributed by atoms with E-state index in [0.29, 0.717) is 12.0 Å². The van der Waals surface area contributed by atoms with Crippen LogP contribution < -0.4 is 0 Å². The van der Waals surface area contributed by atoms with Crippen LogP contribution in [0.2, 0.25) is 0 Å². The molecule has 0 spiro atoms. The highest BCUT2D eigenvalue weighted by Crippen LogP contribution is 2.54. The lowest BCUT2D eigenvalue weighted by Gasteiger charge is -2.40. The van der Waals surface area contributed by atoms with Gasteiger partial charge in [-0.1, -0.05) is 0 Å². The van der Waals surface area contributed by atoms with Gasteiger partial charge in [0.1, 0.15) is 0 Å². The Bertz CT molecular complexity index is 309. The van der Waals surface area contributed by atoms with Crippen LogP contribution in [0.5, 0.6) is 0 Å². The van der Waals surface area contributed by atoms with E-state index in [0.717, 1.165) is 32.5 Å². The Hall–Kier alpha value is -0.120. The molecule has 104 valence electrons. The molecular weight excluding hydrogens is 228 g/mol. The average Bonchev–Trinajstić information content (AvgIpc) is 2.75. The van der Waals surface area contributed by atoms with E-state index in [-0.39, 0.29) is 17.3 Å². The molecule has 3 heteroatoms. The van der Waals surface area contributed by atoms with Gasteiger partial charge in [0.05, 0.1) is 30.0 Å². The molecule has 0 aromatic rings. The molecule has 1 saturated carbocycles. The van der Waals surface area contributed by atoms with E-state index in [1.165, 1.54) is 12.8 Å². The summed E-state index contributed by atoms with van der Waals surface area (Å²) in [6.07, 6.45) is 6.51. The van der Waals surface area contributed by atoms with Crippen molar-refractivity contribution in [3.8, 4) is 0 Å². The van der Waals surface area contributed by atoms with Crippen LogP contribution in [0, 0.1) is 5.92 Å². The Kier molecular flexibility index (Phi) is 3.20. The topological polar surface area (TPSA) is 27.7 Å². The smallest absolute Gasteiger partial charge is 0.0926 e. The lowest BCUT2D eigenvalue weighted by Crippen LogP contribution is -2.46. The SMILES string of the molecule is CC1(C)O[C@]2(C)C[C@H]1C[C@@H]2OCC1CCCCO1. The van der Waals surface area contributed by atoms with Gasteiger partial charge in [0.25, 0.3) is 0 Å². The molecule has 2 saturated heterocycles. The highest BCUT2D eigenvalue weighted by Gasteiger charge is 2.59. The Balaban J connectivity index is 1.53. The fourth-order valence-corrected chi connectivity index (χ4v) is 3.94. The van der Waals surface area contributed by atoms with Gasteiger partial charge in [-0.2, -0.15) is 0 Å². The van der Waals surface area contributed by atoms with Crippen LogP contribution in [-0.2, 0) is 14.2 Å². The van der Waals surface area contributed by atoms with Crippen molar-refractivity contribution in [2.75, 3.05) is 13.2 Å². The standard InChI is InChI=1S/C15H26O3/c1-14(2)11-8-13(15(3,9-11)18-14)17-10-12-6-4-5-7-16-12/h11-13H,4-10H2,1-3H3/t11-,12?,13+,15-/m1/s1. The largest absolute Gasteiger partial charge is 0.376 e. The normalized spacial score (nSPS) is 46.5. The van der Waals surface area contributed by atoms with Gasteiger partial charge in [0.15, 0.2) is 0 Å². The maximum absolute atomic E-state index is 6.22. The predicted octanol–water partition coefficient (Wildman–Crippen LogP) is 2.92. The number of rotatable bonds is 3. The highest BCUT2D eigenvalue weighted by atomic mass is 16.6. The van der Waals surface area contributed by atoms with E-state index < -0.39 is 0 Å². The summed E-state index contributed by atoms with van der Waals surface area (Å²) in [7, 11) is 0. The summed E-state index contributed by atoms with van der Waals surface area (Å²) in [5, 5.41) is 0. The third kappa shape index (κ3) is 2.21. The zero-order valence-corrected chi connectivity index (χ0v) is 11.9. The predicted molar refractivity (Wildman–Crippen MR) is 69.6 cm³/mol. The molecule has 18 heavy (non-hydrogen) atoms. The van der Waals surface area contributed by atoms with Crippen LogP contribution in [0.25, 0.3) is 0 Å². The molecular formula is C15H26O3. The van der Waals surface area contributed by atoms with Crippen LogP contribution >= 0.6 is 0 Å². The van der Waals surface area contributed by atoms with Gasteiger partial charge in [-0.3, -0.25) is 0 Å². The number of ether oxygens (including phenoxy) is 3. The van der Waals surface area contributed by atoms with Crippen molar-refractivity contribution in [2.24, 2.45) is 5.92 Å². The van der Waals surface area contributed by atoms with Crippen molar-refractivity contribution in [3.63, 3.8) is 0 Å². The second-order valence-corrected chi connectivity index (χ2v) is 6.97. The maximum atomic E-state index is 6.22. The third-order valence-electron chi connectivity index (χ3n) is 5.07. The van der Waals surface area contributed by atoms with Crippen LogP contribution in [0.1, 0.15) is 52.9 Å². The summed E-state index contributed by atoms with van der Waals surface area (Å²) in [6, 6.07) is 0. The summed E-state index contributed by atoms with van der Waals surface area (Å²) in [4.78, 5) is 0. The van der Waals surface area contributed by atoms with Crippen molar-refractivity contribution in [3.05, 3.63) is 0 Å². The summed E-state index contributed by atoms with van der Waals surface area (Å²) in [6.45, 7) is 8.29. The summed E-state index contributed by atoms with van der Waals surface area (Å²) in [5.41, 5.74) is -0.0290. The molecule has 2 heterocycles. The minimum atomic E-state index is -0.0666. The average molecular weight is 254 g/mol. The van der Waals surface area contributed by atoms with E-state index in [1.54, 1.807) is 0 Å². The second-order valence-electron chi connectivity index (χ2n) is 6.97. The zero-order chi connectivity index (χ0) is 12.8. The van der Waals surface area contributed by atoms with Crippen LogP contribution in [0.4, 0.5) is 0 Å². The third-order valence-corrected chi connectivity index (χ3v) is 5.07. The quantitative estimate of drug-likeness (QED) is 0.775. The first kappa shape index (κ1) is 12.9. The minimum Gasteiger partial charge on any atom is -0.376 e. The van der Waals surface area contributed by atoms with Gasteiger partial charge in [0.2, 0.25) is 0 Å². The molecule has 3 aliphatic rings. The molecule has 3 fully saturated rings. The molecule has 4 atom stereocenters. The number of hydrogen-bond acceptors (Lipinski definition) is 3. The van der Waals surface area contributed by atoms with Crippen LogP contribution in [-0.4, -0.2) is 36.6 Å². The van der Waals surface area contributed by atoms with Gasteiger partial charge in [-0.05, 0) is 58.8 Å². The molecule has 1 aliphatic carbocycles. The monoisotopic (exact) mass is 254 g/mol. The molecule has 0 N–H and O–H groups in total. The minimum absolute atomic E-state index is 0.0376. The molecule has 3 nitrogen and oxygen atoms in total. The van der Waals surface area contributed by atoms with Crippen molar-refractivity contribution in [1.82, 2.24) is 0 Å². The summed E-state index contributed by atoms with van der Waals surface area (Å²) < 4.78 is 18.1. The van der Waals surface area contributed by atoms with Crippen molar-refractivity contribution < 1.29 is 14.2 Å². The fraction of sp³-hybridized carbons (Fsp3) is 1.00. The Morgan fingerprint density at radius 3 is 2.61 bits per heavy atom. The van der Waals surface area contributed by atoms with Crippen LogP contribution in [0.15, 0.2) is 0 Å². The second kappa shape index (κ2) is 4.46. The van der Waals surface area contributed by atoms with E-state index >= 15 is 0 Å². The maximum Gasteiger partial charge on any atom is 0.0926 e. The van der Waals surface area contributed by atoms with Crippen molar-refractivity contribution >= 4 is 0 Å². The Morgan fingerprint density at radius 2 is 2.06 bits per heavy atom. The summed E-state index contributed by atoms with van der Waals surface area (Å²) in [5.74, 6) is 0.653. The lowest BCUT2D eigenvalue weighted by atomic mass is 9.90. The summed E-state index contributed by atoms with van der Waals surface area (Å²) >= 11 is 0. The van der Waals surface area contributed by atoms with Crippen molar-refractivity contribution in [2.45, 2.75) is 76.3 Å². The first-order valence-corrected chi connectivity index (χ1v) is 7.43. The molecule has 3 rings (SSSR count). The van der Waals surface area contributed by atoms with E-state index in [1.807, 2.05) is 0 Å². The van der Waals surface area contributed by atoms with E-state index in [2.05, 4.69) is 20.8 Å².